The van der Waals surface area contributed by atoms with Crippen molar-refractivity contribution < 1.29 is 23.7 Å². The molecule has 0 fully saturated rings. The lowest BCUT2D eigenvalue weighted by atomic mass is 10.00. The van der Waals surface area contributed by atoms with E-state index in [0.29, 0.717) is 35.4 Å². The zero-order valence-electron chi connectivity index (χ0n) is 14.2. The van der Waals surface area contributed by atoms with Gasteiger partial charge in [0.2, 0.25) is 5.75 Å². The summed E-state index contributed by atoms with van der Waals surface area (Å²) < 4.78 is 27.3. The van der Waals surface area contributed by atoms with Gasteiger partial charge in [-0.1, -0.05) is 6.07 Å². The summed E-state index contributed by atoms with van der Waals surface area (Å²) in [4.78, 5) is 0. The third kappa shape index (κ3) is 2.73. The van der Waals surface area contributed by atoms with Crippen LogP contribution in [0.1, 0.15) is 11.1 Å². The summed E-state index contributed by atoms with van der Waals surface area (Å²) in [7, 11) is 6.46. The van der Waals surface area contributed by atoms with E-state index >= 15 is 0 Å². The second-order valence-electron chi connectivity index (χ2n) is 5.25. The summed E-state index contributed by atoms with van der Waals surface area (Å²) in [5.41, 5.74) is 3.02. The molecule has 5 heteroatoms. The largest absolute Gasteiger partial charge is 0.493 e. The Morgan fingerprint density at radius 1 is 0.792 bits per heavy atom. The molecule has 0 unspecified atom stereocenters. The zero-order valence-corrected chi connectivity index (χ0v) is 14.2. The van der Waals surface area contributed by atoms with Gasteiger partial charge in [0.05, 0.1) is 28.4 Å². The molecule has 0 atom stereocenters. The molecule has 1 heterocycles. The Balaban J connectivity index is 2.02. The van der Waals surface area contributed by atoms with E-state index < -0.39 is 0 Å². The Labute approximate surface area is 141 Å². The molecule has 0 radical (unpaired) electrons. The number of methoxy groups -OCH3 is 4. The molecule has 0 aromatic heterocycles. The first-order chi connectivity index (χ1) is 11.7. The first-order valence-corrected chi connectivity index (χ1v) is 7.52. The van der Waals surface area contributed by atoms with Gasteiger partial charge < -0.3 is 23.7 Å². The van der Waals surface area contributed by atoms with Crippen molar-refractivity contribution >= 4 is 11.6 Å². The topological polar surface area (TPSA) is 46.2 Å². The Bertz CT molecular complexity index is 780. The SMILES string of the molecule is COc1ccc(C2=Cc3ccc(OC)c(OC)c3OC2)cc1OC. The lowest BCUT2D eigenvalue weighted by Gasteiger charge is -2.22. The van der Waals surface area contributed by atoms with Crippen LogP contribution in [0.3, 0.4) is 0 Å². The molecule has 0 amide bonds. The van der Waals surface area contributed by atoms with Crippen LogP contribution in [0, 0.1) is 0 Å². The quantitative estimate of drug-likeness (QED) is 0.838. The van der Waals surface area contributed by atoms with Crippen LogP contribution < -0.4 is 23.7 Å². The minimum atomic E-state index is 0.437. The van der Waals surface area contributed by atoms with Gasteiger partial charge in [-0.25, -0.2) is 0 Å². The van der Waals surface area contributed by atoms with Crippen molar-refractivity contribution in [1.82, 2.24) is 0 Å². The van der Waals surface area contributed by atoms with E-state index in [1.54, 1.807) is 28.4 Å². The van der Waals surface area contributed by atoms with Gasteiger partial charge in [0.1, 0.15) is 6.61 Å². The van der Waals surface area contributed by atoms with Crippen molar-refractivity contribution in [2.75, 3.05) is 35.0 Å². The Kier molecular flexibility index (Phi) is 4.51. The molecule has 24 heavy (non-hydrogen) atoms. The minimum Gasteiger partial charge on any atom is -0.493 e. The molecular weight excluding hydrogens is 308 g/mol. The van der Waals surface area contributed by atoms with Crippen LogP contribution in [-0.2, 0) is 0 Å². The van der Waals surface area contributed by atoms with Gasteiger partial charge in [0.15, 0.2) is 23.0 Å². The third-order valence-corrected chi connectivity index (χ3v) is 3.99. The first-order valence-electron chi connectivity index (χ1n) is 7.52. The number of hydrogen-bond donors (Lipinski definition) is 0. The molecule has 0 saturated carbocycles. The van der Waals surface area contributed by atoms with Crippen LogP contribution in [0.2, 0.25) is 0 Å². The lowest BCUT2D eigenvalue weighted by molar-refractivity contribution is 0.308. The molecule has 5 nitrogen and oxygen atoms in total. The van der Waals surface area contributed by atoms with Gasteiger partial charge in [-0.05, 0) is 41.5 Å². The lowest BCUT2D eigenvalue weighted by Crippen LogP contribution is -2.08. The van der Waals surface area contributed by atoms with Crippen molar-refractivity contribution in [3.8, 4) is 28.7 Å². The van der Waals surface area contributed by atoms with Crippen LogP contribution in [0.25, 0.3) is 11.6 Å². The molecule has 1 aliphatic rings. The van der Waals surface area contributed by atoms with Crippen molar-refractivity contribution in [1.29, 1.82) is 0 Å². The van der Waals surface area contributed by atoms with E-state index in [1.165, 1.54) is 0 Å². The fraction of sp³-hybridized carbons (Fsp3) is 0.263. The molecule has 0 saturated heterocycles. The summed E-state index contributed by atoms with van der Waals surface area (Å²) in [5.74, 6) is 3.34. The van der Waals surface area contributed by atoms with Crippen LogP contribution in [0.15, 0.2) is 30.3 Å². The molecule has 0 spiro atoms. The molecule has 0 N–H and O–H groups in total. The predicted octanol–water partition coefficient (Wildman–Crippen LogP) is 3.65. The normalized spacial score (nSPS) is 12.6. The van der Waals surface area contributed by atoms with Gasteiger partial charge in [-0.3, -0.25) is 0 Å². The van der Waals surface area contributed by atoms with Crippen LogP contribution in [0.4, 0.5) is 0 Å². The summed E-state index contributed by atoms with van der Waals surface area (Å²) >= 11 is 0. The van der Waals surface area contributed by atoms with Crippen molar-refractivity contribution in [3.05, 3.63) is 41.5 Å². The van der Waals surface area contributed by atoms with Crippen molar-refractivity contribution in [3.63, 3.8) is 0 Å². The maximum Gasteiger partial charge on any atom is 0.203 e. The van der Waals surface area contributed by atoms with E-state index in [2.05, 4.69) is 6.08 Å². The maximum atomic E-state index is 5.94. The first kappa shape index (κ1) is 16.1. The van der Waals surface area contributed by atoms with Crippen molar-refractivity contribution in [2.24, 2.45) is 0 Å². The van der Waals surface area contributed by atoms with Crippen molar-refractivity contribution in [2.45, 2.75) is 0 Å². The number of benzene rings is 2. The summed E-state index contributed by atoms with van der Waals surface area (Å²) in [6.45, 7) is 0.437. The molecule has 126 valence electrons. The smallest absolute Gasteiger partial charge is 0.203 e. The Morgan fingerprint density at radius 3 is 2.17 bits per heavy atom. The molecule has 1 aliphatic heterocycles. The van der Waals surface area contributed by atoms with E-state index in [-0.39, 0.29) is 0 Å². The van der Waals surface area contributed by atoms with Gasteiger partial charge >= 0.3 is 0 Å². The number of fused-ring (bicyclic) bond motifs is 1. The van der Waals surface area contributed by atoms with E-state index in [9.17, 15) is 0 Å². The van der Waals surface area contributed by atoms with Gasteiger partial charge in [-0.2, -0.15) is 0 Å². The van der Waals surface area contributed by atoms with Crippen LogP contribution in [-0.4, -0.2) is 35.0 Å². The molecule has 0 aliphatic carbocycles. The second-order valence-corrected chi connectivity index (χ2v) is 5.25. The third-order valence-electron chi connectivity index (χ3n) is 3.99. The predicted molar refractivity (Wildman–Crippen MR) is 92.5 cm³/mol. The van der Waals surface area contributed by atoms with Gasteiger partial charge in [-0.15, -0.1) is 0 Å². The molecule has 3 rings (SSSR count). The summed E-state index contributed by atoms with van der Waals surface area (Å²) in [6.07, 6.45) is 2.09. The molecule has 2 aromatic rings. The highest BCUT2D eigenvalue weighted by Crippen LogP contribution is 2.44. The van der Waals surface area contributed by atoms with Crippen LogP contribution >= 0.6 is 0 Å². The highest BCUT2D eigenvalue weighted by molar-refractivity contribution is 5.87. The molecular formula is C19H20O5. The second kappa shape index (κ2) is 6.74. The molecule has 2 aromatic carbocycles. The van der Waals surface area contributed by atoms with Gasteiger partial charge in [0, 0.05) is 5.56 Å². The van der Waals surface area contributed by atoms with E-state index in [1.807, 2.05) is 30.3 Å². The zero-order chi connectivity index (χ0) is 17.1. The van der Waals surface area contributed by atoms with E-state index in [0.717, 1.165) is 16.7 Å². The Hall–Kier alpha value is -2.82. The monoisotopic (exact) mass is 328 g/mol. The van der Waals surface area contributed by atoms with Crippen LogP contribution in [0.5, 0.6) is 28.7 Å². The molecule has 0 bridgehead atoms. The fourth-order valence-corrected chi connectivity index (χ4v) is 2.76. The fourth-order valence-electron chi connectivity index (χ4n) is 2.76. The average molecular weight is 328 g/mol. The summed E-state index contributed by atoms with van der Waals surface area (Å²) in [5, 5.41) is 0. The number of rotatable bonds is 5. The maximum absolute atomic E-state index is 5.94. The van der Waals surface area contributed by atoms with Gasteiger partial charge in [0.25, 0.3) is 0 Å². The highest BCUT2D eigenvalue weighted by Gasteiger charge is 2.21. The summed E-state index contributed by atoms with van der Waals surface area (Å²) in [6, 6.07) is 9.65. The average Bonchev–Trinajstić information content (AvgIpc) is 2.65. The standard InChI is InChI=1S/C19H20O5/c1-20-15-7-5-12(10-17(15)22-3)14-9-13-6-8-16(21-2)19(23-4)18(13)24-11-14/h5-10H,11H2,1-4H3. The number of hydrogen-bond acceptors (Lipinski definition) is 5. The minimum absolute atomic E-state index is 0.437. The van der Waals surface area contributed by atoms with E-state index in [4.69, 9.17) is 23.7 Å². The number of ether oxygens (including phenoxy) is 5. The highest BCUT2D eigenvalue weighted by atomic mass is 16.5. The Morgan fingerprint density at radius 2 is 1.50 bits per heavy atom.